The lowest BCUT2D eigenvalue weighted by molar-refractivity contribution is -0.148. The van der Waals surface area contributed by atoms with Gasteiger partial charge in [0.05, 0.1) is 26.2 Å². The van der Waals surface area contributed by atoms with Crippen LogP contribution >= 0.6 is 0 Å². The second-order valence-corrected chi connectivity index (χ2v) is 10.7. The second-order valence-electron chi connectivity index (χ2n) is 10.7. The van der Waals surface area contributed by atoms with E-state index in [0.717, 1.165) is 5.56 Å². The van der Waals surface area contributed by atoms with Crippen molar-refractivity contribution >= 4 is 17.7 Å². The van der Waals surface area contributed by atoms with Crippen molar-refractivity contribution in [3.05, 3.63) is 131 Å². The first-order chi connectivity index (χ1) is 20.2. The van der Waals surface area contributed by atoms with Gasteiger partial charge in [-0.1, -0.05) is 90.5 Å². The number of ether oxygens (including phenoxy) is 2. The van der Waals surface area contributed by atoms with Gasteiger partial charge in [-0.3, -0.25) is 9.59 Å². The number of Topliss-reactive ketones (excluding diaryl/α,β-unsaturated/α-hetero) is 1. The molecule has 1 fully saturated rings. The predicted molar refractivity (Wildman–Crippen MR) is 159 cm³/mol. The van der Waals surface area contributed by atoms with Crippen LogP contribution in [0.2, 0.25) is 0 Å². The van der Waals surface area contributed by atoms with E-state index >= 15 is 0 Å². The number of likely N-dealkylation sites (tertiary alicyclic amines) is 1. The molecule has 0 bridgehead atoms. The fourth-order valence-corrected chi connectivity index (χ4v) is 6.21. The van der Waals surface area contributed by atoms with Crippen molar-refractivity contribution in [3.63, 3.8) is 0 Å². The van der Waals surface area contributed by atoms with E-state index in [9.17, 15) is 19.5 Å². The summed E-state index contributed by atoms with van der Waals surface area (Å²) in [7, 11) is 2.97. The normalized spacial score (nSPS) is 21.5. The van der Waals surface area contributed by atoms with Crippen molar-refractivity contribution in [1.29, 1.82) is 0 Å². The zero-order valence-corrected chi connectivity index (χ0v) is 24.0. The largest absolute Gasteiger partial charge is 0.493 e. The van der Waals surface area contributed by atoms with E-state index in [0.29, 0.717) is 28.2 Å². The van der Waals surface area contributed by atoms with Crippen LogP contribution in [0.3, 0.4) is 0 Å². The summed E-state index contributed by atoms with van der Waals surface area (Å²) in [5.41, 5.74) is 1.22. The van der Waals surface area contributed by atoms with Gasteiger partial charge >= 0.3 is 5.97 Å². The van der Waals surface area contributed by atoms with E-state index in [2.05, 4.69) is 0 Å². The minimum atomic E-state index is -1.80. The maximum absolute atomic E-state index is 14.6. The van der Waals surface area contributed by atoms with Crippen molar-refractivity contribution in [2.75, 3.05) is 14.2 Å². The highest BCUT2D eigenvalue weighted by molar-refractivity contribution is 6.04. The number of carboxylic acid groups (broad SMARTS) is 1. The Hall–Kier alpha value is -4.91. The molecule has 7 heteroatoms. The van der Waals surface area contributed by atoms with Gasteiger partial charge in [-0.15, -0.1) is 0 Å². The molecule has 0 radical (unpaired) electrons. The third-order valence-corrected chi connectivity index (χ3v) is 8.30. The predicted octanol–water partition coefficient (Wildman–Crippen LogP) is 6.34. The number of methoxy groups -OCH3 is 2. The zero-order valence-electron chi connectivity index (χ0n) is 24.0. The number of carbonyl (C=O) groups is 3. The molecule has 0 aromatic heterocycles. The standard InChI is InChI=1S/C35H33NO6/c1-22-15-17-24(18-16-22)31-29(32(37)25-13-9-6-10-14-25)30(23-11-7-5-8-12-23)35(2,34(39)40)36(31)33(38)26-19-20-27(41-3)28(21-26)42-4/h5-21,29-31H,1-4H3,(H,39,40). The molecular formula is C35H33NO6. The topological polar surface area (TPSA) is 93.1 Å². The first kappa shape index (κ1) is 28.6. The number of ketones is 1. The number of carboxylic acids is 1. The van der Waals surface area contributed by atoms with E-state index in [1.807, 2.05) is 67.6 Å². The molecule has 4 unspecified atom stereocenters. The van der Waals surface area contributed by atoms with Gasteiger partial charge in [-0.25, -0.2) is 4.79 Å². The smallest absolute Gasteiger partial charge is 0.330 e. The average Bonchev–Trinajstić information content (AvgIpc) is 3.31. The molecular weight excluding hydrogens is 530 g/mol. The summed E-state index contributed by atoms with van der Waals surface area (Å²) in [5, 5.41) is 11.0. The zero-order chi connectivity index (χ0) is 30.0. The fourth-order valence-electron chi connectivity index (χ4n) is 6.21. The Kier molecular flexibility index (Phi) is 7.85. The van der Waals surface area contributed by atoms with Gasteiger partial charge in [0.15, 0.2) is 17.3 Å². The molecule has 1 heterocycles. The van der Waals surface area contributed by atoms with E-state index in [1.165, 1.54) is 19.1 Å². The van der Waals surface area contributed by atoms with E-state index in [-0.39, 0.29) is 11.3 Å². The van der Waals surface area contributed by atoms with Gasteiger partial charge in [0.1, 0.15) is 5.54 Å². The minimum absolute atomic E-state index is 0.219. The summed E-state index contributed by atoms with van der Waals surface area (Å²) in [4.78, 5) is 44.0. The number of aryl methyl sites for hydroxylation is 1. The summed E-state index contributed by atoms with van der Waals surface area (Å²) >= 11 is 0. The van der Waals surface area contributed by atoms with Gasteiger partial charge in [0.25, 0.3) is 5.91 Å². The molecule has 0 aliphatic carbocycles. The van der Waals surface area contributed by atoms with Gasteiger partial charge in [-0.2, -0.15) is 0 Å². The van der Waals surface area contributed by atoms with Crippen LogP contribution in [0.25, 0.3) is 0 Å². The van der Waals surface area contributed by atoms with Crippen molar-refractivity contribution in [1.82, 2.24) is 4.90 Å². The van der Waals surface area contributed by atoms with E-state index in [1.54, 1.807) is 49.4 Å². The molecule has 1 N–H and O–H groups in total. The van der Waals surface area contributed by atoms with Crippen molar-refractivity contribution in [3.8, 4) is 11.5 Å². The number of amides is 1. The summed E-state index contributed by atoms with van der Waals surface area (Å²) in [5.74, 6) is -2.96. The number of benzene rings is 4. The molecule has 0 saturated carbocycles. The summed E-state index contributed by atoms with van der Waals surface area (Å²) < 4.78 is 10.8. The van der Waals surface area contributed by atoms with Gasteiger partial charge < -0.3 is 19.5 Å². The number of hydrogen-bond donors (Lipinski definition) is 1. The minimum Gasteiger partial charge on any atom is -0.493 e. The fraction of sp³-hybridized carbons (Fsp3) is 0.229. The van der Waals surface area contributed by atoms with E-state index in [4.69, 9.17) is 9.47 Å². The lowest BCUT2D eigenvalue weighted by Gasteiger charge is -2.38. The van der Waals surface area contributed by atoms with Crippen LogP contribution < -0.4 is 9.47 Å². The molecule has 1 aliphatic heterocycles. The highest BCUT2D eigenvalue weighted by atomic mass is 16.5. The average molecular weight is 564 g/mol. The number of nitrogens with zero attached hydrogens (tertiary/aromatic N) is 1. The van der Waals surface area contributed by atoms with Gasteiger partial charge in [0.2, 0.25) is 0 Å². The summed E-state index contributed by atoms with van der Waals surface area (Å²) in [6, 6.07) is 29.4. The van der Waals surface area contributed by atoms with Crippen LogP contribution in [0.15, 0.2) is 103 Å². The molecule has 4 aromatic carbocycles. The van der Waals surface area contributed by atoms with Crippen molar-refractivity contribution in [2.24, 2.45) is 5.92 Å². The molecule has 214 valence electrons. The van der Waals surface area contributed by atoms with Gasteiger partial charge in [-0.05, 0) is 43.2 Å². The molecule has 42 heavy (non-hydrogen) atoms. The first-order valence-corrected chi connectivity index (χ1v) is 13.7. The third kappa shape index (κ3) is 4.81. The Morgan fingerprint density at radius 2 is 1.33 bits per heavy atom. The quantitative estimate of drug-likeness (QED) is 0.252. The highest BCUT2D eigenvalue weighted by Crippen LogP contribution is 2.57. The lowest BCUT2D eigenvalue weighted by Crippen LogP contribution is -2.54. The molecule has 5 rings (SSSR count). The van der Waals surface area contributed by atoms with Crippen LogP contribution in [0.4, 0.5) is 0 Å². The van der Waals surface area contributed by atoms with Crippen LogP contribution in [-0.4, -0.2) is 47.4 Å². The molecule has 4 aromatic rings. The van der Waals surface area contributed by atoms with Crippen LogP contribution in [0.1, 0.15) is 56.3 Å². The lowest BCUT2D eigenvalue weighted by atomic mass is 9.71. The Morgan fingerprint density at radius 1 is 0.738 bits per heavy atom. The Balaban J connectivity index is 1.81. The summed E-state index contributed by atoms with van der Waals surface area (Å²) in [6.07, 6.45) is 0. The first-order valence-electron chi connectivity index (χ1n) is 13.7. The molecule has 4 atom stereocenters. The molecule has 0 spiro atoms. The van der Waals surface area contributed by atoms with Crippen molar-refractivity contribution < 1.29 is 29.0 Å². The number of hydrogen-bond acceptors (Lipinski definition) is 5. The van der Waals surface area contributed by atoms with Gasteiger partial charge in [0, 0.05) is 17.0 Å². The maximum atomic E-state index is 14.6. The van der Waals surface area contributed by atoms with Crippen LogP contribution in [-0.2, 0) is 4.79 Å². The SMILES string of the molecule is COc1ccc(C(=O)N2C(c3ccc(C)cc3)C(C(=O)c3ccccc3)C(c3ccccc3)C2(C)C(=O)O)cc1OC. The summed E-state index contributed by atoms with van der Waals surface area (Å²) in [6.45, 7) is 3.50. The number of rotatable bonds is 8. The molecule has 7 nitrogen and oxygen atoms in total. The second kappa shape index (κ2) is 11.5. The molecule has 1 amide bonds. The Morgan fingerprint density at radius 3 is 1.90 bits per heavy atom. The number of aliphatic carboxylic acids is 1. The van der Waals surface area contributed by atoms with E-state index < -0.39 is 35.3 Å². The molecule has 1 saturated heterocycles. The number of carbonyl (C=O) groups excluding carboxylic acids is 2. The third-order valence-electron chi connectivity index (χ3n) is 8.30. The Bertz CT molecular complexity index is 1600. The Labute approximate surface area is 245 Å². The monoisotopic (exact) mass is 563 g/mol. The van der Waals surface area contributed by atoms with Crippen LogP contribution in [0, 0.1) is 12.8 Å². The van der Waals surface area contributed by atoms with Crippen molar-refractivity contribution in [2.45, 2.75) is 31.3 Å². The maximum Gasteiger partial charge on any atom is 0.330 e. The highest BCUT2D eigenvalue weighted by Gasteiger charge is 2.64. The molecule has 1 aliphatic rings. The van der Waals surface area contributed by atoms with Crippen LogP contribution in [0.5, 0.6) is 11.5 Å².